The zero-order valence-corrected chi connectivity index (χ0v) is 11.2. The topological polar surface area (TPSA) is 104 Å². The fraction of sp³-hybridized carbons (Fsp3) is 0.429. The van der Waals surface area contributed by atoms with Gasteiger partial charge in [-0.25, -0.2) is 0 Å². The summed E-state index contributed by atoms with van der Waals surface area (Å²) >= 11 is 0. The van der Waals surface area contributed by atoms with E-state index < -0.39 is 24.1 Å². The van der Waals surface area contributed by atoms with Gasteiger partial charge in [0.05, 0.1) is 19.6 Å². The second-order valence-electron chi connectivity index (χ2n) is 4.38. The van der Waals surface area contributed by atoms with Gasteiger partial charge in [-0.15, -0.1) is 0 Å². The molecular weight excluding hydrogens is 264 g/mol. The highest BCUT2D eigenvalue weighted by atomic mass is 16.5. The lowest BCUT2D eigenvalue weighted by molar-refractivity contribution is -0.144. The van der Waals surface area contributed by atoms with E-state index in [0.29, 0.717) is 11.1 Å². The van der Waals surface area contributed by atoms with E-state index in [0.717, 1.165) is 0 Å². The number of carboxylic acids is 1. The number of hydrogen-bond acceptors (Lipinski definition) is 5. The number of aliphatic hydroxyl groups excluding tert-OH is 2. The standard InChI is InChI=1S/C14H18O6/c1-20-13(18)8-11(15)14(19)10-5-3-2-4-9(10)6-7-12(16)17/h2-5,11,14-15,19H,6-8H2,1H3,(H,16,17). The van der Waals surface area contributed by atoms with Crippen LogP contribution in [-0.4, -0.2) is 40.5 Å². The molecule has 6 heteroatoms. The van der Waals surface area contributed by atoms with E-state index in [9.17, 15) is 19.8 Å². The predicted octanol–water partition coefficient (Wildman–Crippen LogP) is 0.661. The minimum Gasteiger partial charge on any atom is -0.481 e. The molecule has 0 amide bonds. The maximum Gasteiger partial charge on any atom is 0.308 e. The molecule has 1 aromatic carbocycles. The predicted molar refractivity (Wildman–Crippen MR) is 70.0 cm³/mol. The molecule has 0 aromatic heterocycles. The largest absolute Gasteiger partial charge is 0.481 e. The summed E-state index contributed by atoms with van der Waals surface area (Å²) in [5, 5.41) is 28.6. The number of carbonyl (C=O) groups is 2. The molecule has 1 aromatic rings. The number of methoxy groups -OCH3 is 1. The van der Waals surface area contributed by atoms with Gasteiger partial charge in [0, 0.05) is 6.42 Å². The van der Waals surface area contributed by atoms with E-state index in [2.05, 4.69) is 4.74 Å². The Kier molecular flexibility index (Phi) is 6.14. The van der Waals surface area contributed by atoms with E-state index in [1.165, 1.54) is 7.11 Å². The number of carboxylic acid groups (broad SMARTS) is 1. The van der Waals surface area contributed by atoms with Crippen LogP contribution in [0.15, 0.2) is 24.3 Å². The molecule has 6 nitrogen and oxygen atoms in total. The Hall–Kier alpha value is -1.92. The summed E-state index contributed by atoms with van der Waals surface area (Å²) < 4.78 is 4.43. The van der Waals surface area contributed by atoms with Gasteiger partial charge in [-0.1, -0.05) is 24.3 Å². The van der Waals surface area contributed by atoms with Crippen molar-refractivity contribution < 1.29 is 29.6 Å². The molecule has 0 aliphatic carbocycles. The van der Waals surface area contributed by atoms with Crippen molar-refractivity contribution in [1.82, 2.24) is 0 Å². The van der Waals surface area contributed by atoms with Crippen molar-refractivity contribution in [2.24, 2.45) is 0 Å². The molecule has 0 saturated heterocycles. The van der Waals surface area contributed by atoms with E-state index >= 15 is 0 Å². The number of aryl methyl sites for hydroxylation is 1. The Balaban J connectivity index is 2.83. The Morgan fingerprint density at radius 3 is 2.50 bits per heavy atom. The van der Waals surface area contributed by atoms with Crippen molar-refractivity contribution in [2.75, 3.05) is 7.11 Å². The minimum atomic E-state index is -1.30. The molecule has 0 aliphatic heterocycles. The lowest BCUT2D eigenvalue weighted by Crippen LogP contribution is -2.23. The number of ether oxygens (including phenoxy) is 1. The van der Waals surface area contributed by atoms with Crippen LogP contribution in [0.4, 0.5) is 0 Å². The summed E-state index contributed by atoms with van der Waals surface area (Å²) in [5.74, 6) is -1.57. The maximum atomic E-state index is 11.1. The van der Waals surface area contributed by atoms with Crippen LogP contribution < -0.4 is 0 Å². The summed E-state index contributed by atoms with van der Waals surface area (Å²) in [7, 11) is 1.20. The van der Waals surface area contributed by atoms with Gasteiger partial charge < -0.3 is 20.1 Å². The van der Waals surface area contributed by atoms with Crippen molar-refractivity contribution in [2.45, 2.75) is 31.5 Å². The van der Waals surface area contributed by atoms with Gasteiger partial charge in [0.2, 0.25) is 0 Å². The molecule has 0 radical (unpaired) electrons. The van der Waals surface area contributed by atoms with Gasteiger partial charge in [-0.2, -0.15) is 0 Å². The number of esters is 1. The first-order valence-corrected chi connectivity index (χ1v) is 6.18. The molecule has 110 valence electrons. The second kappa shape index (κ2) is 7.62. The van der Waals surface area contributed by atoms with Gasteiger partial charge >= 0.3 is 11.9 Å². The lowest BCUT2D eigenvalue weighted by Gasteiger charge is -2.20. The van der Waals surface area contributed by atoms with E-state index in [-0.39, 0.29) is 19.3 Å². The average Bonchev–Trinajstić information content (AvgIpc) is 2.44. The fourth-order valence-electron chi connectivity index (χ4n) is 1.86. The number of aliphatic hydroxyl groups is 2. The van der Waals surface area contributed by atoms with Gasteiger partial charge in [0.25, 0.3) is 0 Å². The van der Waals surface area contributed by atoms with Gasteiger partial charge in [0.15, 0.2) is 0 Å². The third-order valence-electron chi connectivity index (χ3n) is 2.95. The molecule has 0 bridgehead atoms. The summed E-state index contributed by atoms with van der Waals surface area (Å²) in [6.45, 7) is 0. The van der Waals surface area contributed by atoms with Crippen LogP contribution in [0.3, 0.4) is 0 Å². The number of carbonyl (C=O) groups excluding carboxylic acids is 1. The Bertz CT molecular complexity index is 470. The summed E-state index contributed by atoms with van der Waals surface area (Å²) in [5.41, 5.74) is 1.05. The zero-order chi connectivity index (χ0) is 15.1. The summed E-state index contributed by atoms with van der Waals surface area (Å²) in [4.78, 5) is 21.7. The molecule has 20 heavy (non-hydrogen) atoms. The molecule has 3 N–H and O–H groups in total. The second-order valence-corrected chi connectivity index (χ2v) is 4.38. The number of rotatable bonds is 7. The van der Waals surface area contributed by atoms with E-state index in [4.69, 9.17) is 5.11 Å². The highest BCUT2D eigenvalue weighted by molar-refractivity contribution is 5.70. The van der Waals surface area contributed by atoms with Crippen molar-refractivity contribution in [3.05, 3.63) is 35.4 Å². The third-order valence-corrected chi connectivity index (χ3v) is 2.95. The molecule has 2 atom stereocenters. The van der Waals surface area contributed by atoms with E-state index in [1.54, 1.807) is 24.3 Å². The molecule has 0 heterocycles. The van der Waals surface area contributed by atoms with Crippen molar-refractivity contribution in [3.63, 3.8) is 0 Å². The Morgan fingerprint density at radius 1 is 1.25 bits per heavy atom. The normalized spacial score (nSPS) is 13.6. The first kappa shape index (κ1) is 16.1. The zero-order valence-electron chi connectivity index (χ0n) is 11.2. The van der Waals surface area contributed by atoms with Gasteiger partial charge in [-0.3, -0.25) is 9.59 Å². The van der Waals surface area contributed by atoms with Crippen LogP contribution >= 0.6 is 0 Å². The molecular formula is C14H18O6. The molecule has 1 rings (SSSR count). The Labute approximate surface area is 116 Å². The number of aliphatic carboxylic acids is 1. The van der Waals surface area contributed by atoms with Crippen LogP contribution in [0.5, 0.6) is 0 Å². The van der Waals surface area contributed by atoms with Crippen LogP contribution in [-0.2, 0) is 20.7 Å². The number of hydrogen-bond donors (Lipinski definition) is 3. The third kappa shape index (κ3) is 4.64. The summed E-state index contributed by atoms with van der Waals surface area (Å²) in [6, 6.07) is 6.68. The average molecular weight is 282 g/mol. The van der Waals surface area contributed by atoms with Gasteiger partial charge in [0.1, 0.15) is 6.10 Å². The van der Waals surface area contributed by atoms with E-state index in [1.807, 2.05) is 0 Å². The fourth-order valence-corrected chi connectivity index (χ4v) is 1.86. The first-order valence-electron chi connectivity index (χ1n) is 6.18. The highest BCUT2D eigenvalue weighted by Crippen LogP contribution is 2.24. The molecule has 0 saturated carbocycles. The highest BCUT2D eigenvalue weighted by Gasteiger charge is 2.23. The van der Waals surface area contributed by atoms with Crippen LogP contribution in [0.2, 0.25) is 0 Å². The van der Waals surface area contributed by atoms with Crippen molar-refractivity contribution >= 4 is 11.9 Å². The monoisotopic (exact) mass is 282 g/mol. The molecule has 0 spiro atoms. The van der Waals surface area contributed by atoms with Crippen LogP contribution in [0, 0.1) is 0 Å². The maximum absolute atomic E-state index is 11.1. The first-order chi connectivity index (χ1) is 9.45. The minimum absolute atomic E-state index is 0.0726. The SMILES string of the molecule is COC(=O)CC(O)C(O)c1ccccc1CCC(=O)O. The molecule has 0 fully saturated rings. The quantitative estimate of drug-likeness (QED) is 0.635. The van der Waals surface area contributed by atoms with Crippen molar-refractivity contribution in [1.29, 1.82) is 0 Å². The van der Waals surface area contributed by atoms with Crippen molar-refractivity contribution in [3.8, 4) is 0 Å². The Morgan fingerprint density at radius 2 is 1.90 bits per heavy atom. The number of benzene rings is 1. The lowest BCUT2D eigenvalue weighted by atomic mass is 9.94. The molecule has 0 aliphatic rings. The smallest absolute Gasteiger partial charge is 0.308 e. The van der Waals surface area contributed by atoms with Gasteiger partial charge in [-0.05, 0) is 17.5 Å². The summed E-state index contributed by atoms with van der Waals surface area (Å²) in [6.07, 6.45) is -2.72. The van der Waals surface area contributed by atoms with Crippen LogP contribution in [0.25, 0.3) is 0 Å². The molecule has 2 unspecified atom stereocenters. The van der Waals surface area contributed by atoms with Crippen LogP contribution in [0.1, 0.15) is 30.1 Å².